The lowest BCUT2D eigenvalue weighted by molar-refractivity contribution is 0.174. The minimum absolute atomic E-state index is 0.507. The van der Waals surface area contributed by atoms with E-state index in [-0.39, 0.29) is 0 Å². The van der Waals surface area contributed by atoms with Crippen LogP contribution in [0.15, 0.2) is 24.3 Å². The van der Waals surface area contributed by atoms with Gasteiger partial charge in [-0.3, -0.25) is 4.68 Å². The molecule has 0 aliphatic carbocycles. The Bertz CT molecular complexity index is 620. The summed E-state index contributed by atoms with van der Waals surface area (Å²) in [5, 5.41) is 18.2. The van der Waals surface area contributed by atoms with Gasteiger partial charge in [-0.2, -0.15) is 5.10 Å². The summed E-state index contributed by atoms with van der Waals surface area (Å²) >= 11 is 0. The molecule has 0 saturated carbocycles. The Balaban J connectivity index is 1.96. The fraction of sp³-hybridized carbons (Fsp3) is 0.500. The quantitative estimate of drug-likeness (QED) is 0.785. The second-order valence-electron chi connectivity index (χ2n) is 5.62. The highest BCUT2D eigenvalue weighted by Crippen LogP contribution is 2.18. The number of nitrogens with one attached hydrogen (secondary N) is 1. The van der Waals surface area contributed by atoms with Gasteiger partial charge in [0.1, 0.15) is 5.75 Å². The summed E-state index contributed by atoms with van der Waals surface area (Å²) < 4.78 is 7.10. The molecule has 126 valence electrons. The van der Waals surface area contributed by atoms with Crippen molar-refractivity contribution in [1.29, 1.82) is 0 Å². The van der Waals surface area contributed by atoms with E-state index in [1.807, 2.05) is 36.0 Å². The number of ether oxygens (including phenoxy) is 1. The van der Waals surface area contributed by atoms with Crippen LogP contribution in [-0.2, 0) is 26.4 Å². The zero-order valence-electron chi connectivity index (χ0n) is 14.5. The summed E-state index contributed by atoms with van der Waals surface area (Å²) in [5.41, 5.74) is 4.54. The van der Waals surface area contributed by atoms with E-state index >= 15 is 0 Å². The normalized spacial score (nSPS) is 12.4. The van der Waals surface area contributed by atoms with Gasteiger partial charge in [-0.05, 0) is 30.5 Å². The average molecular weight is 317 g/mol. The zero-order valence-corrected chi connectivity index (χ0v) is 14.5. The standard InChI is InChI=1S/C18H27N3O2/c1-5-16-15(17(6-2)21(3)20-16)11-19-12-18(22)13-7-9-14(23-4)10-8-13/h7-10,18-19,22H,5-6,11-12H2,1-4H3. The van der Waals surface area contributed by atoms with Gasteiger partial charge >= 0.3 is 0 Å². The minimum atomic E-state index is -0.535. The summed E-state index contributed by atoms with van der Waals surface area (Å²) in [6, 6.07) is 7.52. The Morgan fingerprint density at radius 2 is 1.91 bits per heavy atom. The van der Waals surface area contributed by atoms with E-state index in [1.54, 1.807) is 7.11 Å². The number of hydrogen-bond donors (Lipinski definition) is 2. The Morgan fingerprint density at radius 3 is 2.48 bits per heavy atom. The first-order valence-electron chi connectivity index (χ1n) is 8.17. The fourth-order valence-electron chi connectivity index (χ4n) is 2.87. The van der Waals surface area contributed by atoms with Crippen LogP contribution >= 0.6 is 0 Å². The second kappa shape index (κ2) is 8.13. The largest absolute Gasteiger partial charge is 0.497 e. The number of rotatable bonds is 8. The van der Waals surface area contributed by atoms with Gasteiger partial charge in [0.05, 0.1) is 18.9 Å². The number of aliphatic hydroxyl groups excluding tert-OH is 1. The topological polar surface area (TPSA) is 59.3 Å². The summed E-state index contributed by atoms with van der Waals surface area (Å²) in [7, 11) is 3.63. The maximum atomic E-state index is 10.3. The maximum Gasteiger partial charge on any atom is 0.118 e. The van der Waals surface area contributed by atoms with Crippen molar-refractivity contribution in [2.45, 2.75) is 39.3 Å². The highest BCUT2D eigenvalue weighted by Gasteiger charge is 2.14. The van der Waals surface area contributed by atoms with Crippen LogP contribution in [0.5, 0.6) is 5.75 Å². The van der Waals surface area contributed by atoms with Gasteiger partial charge in [-0.25, -0.2) is 0 Å². The first kappa shape index (κ1) is 17.5. The van der Waals surface area contributed by atoms with Gasteiger partial charge in [0.15, 0.2) is 0 Å². The van der Waals surface area contributed by atoms with Gasteiger partial charge in [0, 0.05) is 31.4 Å². The molecule has 1 heterocycles. The molecule has 0 radical (unpaired) electrons. The van der Waals surface area contributed by atoms with E-state index in [0.717, 1.165) is 36.4 Å². The van der Waals surface area contributed by atoms with Crippen LogP contribution in [0.2, 0.25) is 0 Å². The third kappa shape index (κ3) is 4.12. The molecule has 0 fully saturated rings. The molecule has 23 heavy (non-hydrogen) atoms. The number of benzene rings is 1. The van der Waals surface area contributed by atoms with Crippen molar-refractivity contribution in [2.24, 2.45) is 7.05 Å². The van der Waals surface area contributed by atoms with E-state index < -0.39 is 6.10 Å². The van der Waals surface area contributed by atoms with Crippen LogP contribution in [0.25, 0.3) is 0 Å². The van der Waals surface area contributed by atoms with Gasteiger partial charge in [-0.1, -0.05) is 26.0 Å². The second-order valence-corrected chi connectivity index (χ2v) is 5.62. The van der Waals surface area contributed by atoms with Crippen molar-refractivity contribution in [1.82, 2.24) is 15.1 Å². The van der Waals surface area contributed by atoms with E-state index in [1.165, 1.54) is 11.3 Å². The van der Waals surface area contributed by atoms with Crippen LogP contribution in [0.4, 0.5) is 0 Å². The van der Waals surface area contributed by atoms with Crippen LogP contribution in [-0.4, -0.2) is 28.5 Å². The van der Waals surface area contributed by atoms with Crippen molar-refractivity contribution in [3.05, 3.63) is 46.8 Å². The molecule has 1 aromatic heterocycles. The SMILES string of the molecule is CCc1nn(C)c(CC)c1CNCC(O)c1ccc(OC)cc1. The van der Waals surface area contributed by atoms with Gasteiger partial charge in [0.2, 0.25) is 0 Å². The molecule has 2 rings (SSSR count). The van der Waals surface area contributed by atoms with E-state index in [9.17, 15) is 5.11 Å². The van der Waals surface area contributed by atoms with Gasteiger partial charge in [-0.15, -0.1) is 0 Å². The molecule has 0 aliphatic heterocycles. The lowest BCUT2D eigenvalue weighted by Gasteiger charge is -2.13. The monoisotopic (exact) mass is 317 g/mol. The predicted molar refractivity (Wildman–Crippen MR) is 91.6 cm³/mol. The maximum absolute atomic E-state index is 10.3. The Hall–Kier alpha value is -1.85. The van der Waals surface area contributed by atoms with Gasteiger partial charge in [0.25, 0.3) is 0 Å². The highest BCUT2D eigenvalue weighted by molar-refractivity contribution is 5.29. The molecule has 0 spiro atoms. The van der Waals surface area contributed by atoms with Gasteiger partial charge < -0.3 is 15.2 Å². The third-order valence-corrected chi connectivity index (χ3v) is 4.17. The number of hydrogen-bond acceptors (Lipinski definition) is 4. The molecule has 5 heteroatoms. The third-order valence-electron chi connectivity index (χ3n) is 4.17. The molecule has 1 unspecified atom stereocenters. The lowest BCUT2D eigenvalue weighted by atomic mass is 10.1. The van der Waals surface area contributed by atoms with Crippen molar-refractivity contribution in [3.8, 4) is 5.75 Å². The molecule has 0 aliphatic rings. The summed E-state index contributed by atoms with van der Waals surface area (Å²) in [6.07, 6.45) is 1.35. The zero-order chi connectivity index (χ0) is 16.8. The summed E-state index contributed by atoms with van der Waals surface area (Å²) in [5.74, 6) is 0.796. The number of nitrogens with zero attached hydrogens (tertiary/aromatic N) is 2. The molecule has 2 aromatic rings. The fourth-order valence-corrected chi connectivity index (χ4v) is 2.87. The average Bonchev–Trinajstić information content (AvgIpc) is 2.89. The number of aromatic nitrogens is 2. The van der Waals surface area contributed by atoms with E-state index in [0.29, 0.717) is 6.54 Å². The first-order chi connectivity index (χ1) is 11.1. The molecule has 0 amide bonds. The van der Waals surface area contributed by atoms with Crippen molar-refractivity contribution in [2.75, 3.05) is 13.7 Å². The molecule has 5 nitrogen and oxygen atoms in total. The Kier molecular flexibility index (Phi) is 6.19. The van der Waals surface area contributed by atoms with E-state index in [2.05, 4.69) is 24.3 Å². The molecule has 1 aromatic carbocycles. The van der Waals surface area contributed by atoms with Crippen molar-refractivity contribution >= 4 is 0 Å². The minimum Gasteiger partial charge on any atom is -0.497 e. The highest BCUT2D eigenvalue weighted by atomic mass is 16.5. The van der Waals surface area contributed by atoms with Crippen LogP contribution < -0.4 is 10.1 Å². The van der Waals surface area contributed by atoms with Crippen molar-refractivity contribution < 1.29 is 9.84 Å². The van der Waals surface area contributed by atoms with Crippen LogP contribution in [0.3, 0.4) is 0 Å². The summed E-state index contributed by atoms with van der Waals surface area (Å²) in [6.45, 7) is 5.50. The Labute approximate surface area is 138 Å². The smallest absolute Gasteiger partial charge is 0.118 e. The van der Waals surface area contributed by atoms with Crippen LogP contribution in [0, 0.1) is 0 Å². The molecule has 1 atom stereocenters. The Morgan fingerprint density at radius 1 is 1.22 bits per heavy atom. The molecular formula is C18H27N3O2. The molecule has 0 saturated heterocycles. The number of aliphatic hydroxyl groups is 1. The summed E-state index contributed by atoms with van der Waals surface area (Å²) in [4.78, 5) is 0. The molecule has 0 bridgehead atoms. The molecule has 2 N–H and O–H groups in total. The first-order valence-corrected chi connectivity index (χ1v) is 8.17. The number of methoxy groups -OCH3 is 1. The molecular weight excluding hydrogens is 290 g/mol. The predicted octanol–water partition coefficient (Wildman–Crippen LogP) is 2.38. The van der Waals surface area contributed by atoms with E-state index in [4.69, 9.17) is 4.74 Å². The number of aryl methyl sites for hydroxylation is 2. The van der Waals surface area contributed by atoms with Crippen molar-refractivity contribution in [3.63, 3.8) is 0 Å². The van der Waals surface area contributed by atoms with Crippen LogP contribution in [0.1, 0.15) is 42.5 Å². The lowest BCUT2D eigenvalue weighted by Crippen LogP contribution is -2.22.